The average Bonchev–Trinajstić information content (AvgIpc) is 3.42. The van der Waals surface area contributed by atoms with Crippen molar-refractivity contribution >= 4 is 40.4 Å². The van der Waals surface area contributed by atoms with Gasteiger partial charge < -0.3 is 14.6 Å². The Morgan fingerprint density at radius 1 is 0.812 bits per heavy atom. The number of aryl methyl sites for hydroxylation is 1. The molecule has 48 heavy (non-hydrogen) atoms. The van der Waals surface area contributed by atoms with E-state index in [-0.39, 0.29) is 73.6 Å². The molecule has 0 aliphatic carbocycles. The summed E-state index contributed by atoms with van der Waals surface area (Å²) in [7, 11) is 0. The fourth-order valence-corrected chi connectivity index (χ4v) is 5.63. The number of fused-ring (bicyclic) bond motifs is 1. The van der Waals surface area contributed by atoms with E-state index in [1.165, 1.54) is 34.1 Å². The van der Waals surface area contributed by atoms with Crippen LogP contribution < -0.4 is 5.56 Å². The number of halogens is 1. The number of imide groups is 1. The first-order chi connectivity index (χ1) is 23.1. The van der Waals surface area contributed by atoms with Gasteiger partial charge in [0.25, 0.3) is 29.2 Å². The van der Waals surface area contributed by atoms with E-state index < -0.39 is 29.5 Å². The molecule has 2 aliphatic heterocycles. The minimum Gasteiger partial charge on any atom is -0.335 e. The normalized spacial score (nSPS) is 14.5. The molecule has 12 nitrogen and oxygen atoms in total. The van der Waals surface area contributed by atoms with Crippen molar-refractivity contribution in [3.63, 3.8) is 0 Å². The summed E-state index contributed by atoms with van der Waals surface area (Å²) in [5.74, 6) is -3.74. The highest BCUT2D eigenvalue weighted by Gasteiger charge is 2.34. The van der Waals surface area contributed by atoms with Gasteiger partial charge in [0.15, 0.2) is 0 Å². The van der Waals surface area contributed by atoms with Gasteiger partial charge in [0.05, 0.1) is 22.2 Å². The first kappa shape index (κ1) is 33.6. The number of amides is 4. The van der Waals surface area contributed by atoms with Crippen molar-refractivity contribution in [2.75, 3.05) is 26.2 Å². The lowest BCUT2D eigenvalue weighted by Crippen LogP contribution is -2.50. The zero-order valence-corrected chi connectivity index (χ0v) is 26.7. The summed E-state index contributed by atoms with van der Waals surface area (Å²) in [6.07, 6.45) is 0.181. The molecule has 4 amide bonds. The molecule has 6 rings (SSSR count). The lowest BCUT2D eigenvalue weighted by Gasteiger charge is -2.35. The number of aromatic amines is 1. The van der Waals surface area contributed by atoms with Crippen LogP contribution in [0.2, 0.25) is 0 Å². The van der Waals surface area contributed by atoms with Crippen LogP contribution in [0.3, 0.4) is 0 Å². The lowest BCUT2D eigenvalue weighted by molar-refractivity contribution is -0.172. The molecule has 0 atom stereocenters. The summed E-state index contributed by atoms with van der Waals surface area (Å²) < 4.78 is 14.9. The van der Waals surface area contributed by atoms with Crippen molar-refractivity contribution < 1.29 is 33.2 Å². The second kappa shape index (κ2) is 14.4. The number of nitrogens with one attached hydrogen (secondary N) is 1. The summed E-state index contributed by atoms with van der Waals surface area (Å²) in [6.45, 7) is 6.34. The monoisotopic (exact) mass is 655 g/mol. The number of piperazine rings is 1. The average molecular weight is 656 g/mol. The first-order valence-electron chi connectivity index (χ1n) is 15.6. The lowest BCUT2D eigenvalue weighted by atomic mass is 10.0. The van der Waals surface area contributed by atoms with E-state index in [0.717, 1.165) is 0 Å². The number of rotatable bonds is 6. The predicted octanol–water partition coefficient (Wildman–Crippen LogP) is 3.81. The van der Waals surface area contributed by atoms with Crippen molar-refractivity contribution in [3.8, 4) is 0 Å². The zero-order chi connectivity index (χ0) is 34.5. The van der Waals surface area contributed by atoms with E-state index in [2.05, 4.69) is 10.2 Å². The molecular formula is C35H34FN5O7. The maximum absolute atomic E-state index is 14.9. The number of nitrogens with zero attached hydrogens (tertiary/aromatic N) is 4. The predicted molar refractivity (Wildman–Crippen MR) is 172 cm³/mol. The van der Waals surface area contributed by atoms with Crippen LogP contribution in [0.25, 0.3) is 10.8 Å². The van der Waals surface area contributed by atoms with E-state index in [1.807, 2.05) is 13.8 Å². The summed E-state index contributed by atoms with van der Waals surface area (Å²) >= 11 is 0. The Labute approximate surface area is 275 Å². The van der Waals surface area contributed by atoms with E-state index in [4.69, 9.17) is 4.84 Å². The third-order valence-electron chi connectivity index (χ3n) is 8.00. The zero-order valence-electron chi connectivity index (χ0n) is 26.7. The fourth-order valence-electron chi connectivity index (χ4n) is 5.63. The van der Waals surface area contributed by atoms with E-state index in [9.17, 15) is 33.2 Å². The highest BCUT2D eigenvalue weighted by molar-refractivity contribution is 6.03. The molecule has 2 fully saturated rings. The standard InChI is InChI=1S/C33H28FN5O7.C2H6/c1-19-14-21(18-22(15-19)33(45)46-39-28(40)8-9-29(39)41)31(43)37-10-12-38(13-11-37)32(44)25-16-20(6-7-26(25)34)17-27-23-4-2-3-5-24(23)30(42)36-35-27;1-2/h2-7,14-16,18H,8-13,17H2,1H3,(H,36,42);1-2H3. The second-order valence-electron chi connectivity index (χ2n) is 11.2. The van der Waals surface area contributed by atoms with Crippen LogP contribution in [0.1, 0.15) is 74.6 Å². The highest BCUT2D eigenvalue weighted by atomic mass is 19.1. The van der Waals surface area contributed by atoms with Crippen LogP contribution in [-0.4, -0.2) is 80.8 Å². The quantitative estimate of drug-likeness (QED) is 0.308. The van der Waals surface area contributed by atoms with Crippen molar-refractivity contribution in [3.05, 3.63) is 110 Å². The molecule has 0 unspecified atom stereocenters. The van der Waals surface area contributed by atoms with Crippen LogP contribution in [0.5, 0.6) is 0 Å². The van der Waals surface area contributed by atoms with Gasteiger partial charge in [-0.15, -0.1) is 5.06 Å². The van der Waals surface area contributed by atoms with Crippen LogP contribution in [0.15, 0.2) is 65.5 Å². The van der Waals surface area contributed by atoms with Crippen LogP contribution in [0.4, 0.5) is 4.39 Å². The van der Waals surface area contributed by atoms with Gasteiger partial charge in [-0.3, -0.25) is 24.0 Å². The largest absolute Gasteiger partial charge is 0.363 e. The summed E-state index contributed by atoms with van der Waals surface area (Å²) in [4.78, 5) is 83.3. The molecule has 13 heteroatoms. The molecule has 0 radical (unpaired) electrons. The van der Waals surface area contributed by atoms with Crippen molar-refractivity contribution in [2.24, 2.45) is 0 Å². The number of hydroxylamine groups is 2. The molecule has 3 aromatic carbocycles. The van der Waals surface area contributed by atoms with Crippen molar-refractivity contribution in [1.82, 2.24) is 25.1 Å². The van der Waals surface area contributed by atoms with E-state index in [0.29, 0.717) is 32.7 Å². The number of hydrogen-bond acceptors (Lipinski definition) is 8. The minimum absolute atomic E-state index is 0.00470. The number of aromatic nitrogens is 2. The Morgan fingerprint density at radius 3 is 2.08 bits per heavy atom. The van der Waals surface area contributed by atoms with Gasteiger partial charge in [-0.05, 0) is 54.4 Å². The smallest absolute Gasteiger partial charge is 0.335 e. The molecular weight excluding hydrogens is 621 g/mol. The van der Waals surface area contributed by atoms with E-state index in [1.54, 1.807) is 43.3 Å². The second-order valence-corrected chi connectivity index (χ2v) is 11.2. The molecule has 3 heterocycles. The van der Waals surface area contributed by atoms with Gasteiger partial charge in [0, 0.05) is 56.4 Å². The van der Waals surface area contributed by atoms with Gasteiger partial charge in [0.2, 0.25) is 0 Å². The highest BCUT2D eigenvalue weighted by Crippen LogP contribution is 2.22. The Bertz CT molecular complexity index is 1970. The number of carbonyl (C=O) groups excluding carboxylic acids is 5. The SMILES string of the molecule is CC.Cc1cc(C(=O)ON2C(=O)CCC2=O)cc(C(=O)N2CCN(C(=O)c3cc(Cc4n[nH]c(=O)c5ccccc45)ccc3F)CC2)c1. The Morgan fingerprint density at radius 2 is 1.42 bits per heavy atom. The van der Waals surface area contributed by atoms with E-state index >= 15 is 0 Å². The third-order valence-corrected chi connectivity index (χ3v) is 8.00. The third kappa shape index (κ3) is 6.99. The van der Waals surface area contributed by atoms with Crippen LogP contribution in [-0.2, 0) is 20.8 Å². The van der Waals surface area contributed by atoms with Crippen molar-refractivity contribution in [2.45, 2.75) is 40.0 Å². The van der Waals surface area contributed by atoms with Gasteiger partial charge in [-0.1, -0.05) is 38.1 Å². The molecule has 4 aromatic rings. The van der Waals surface area contributed by atoms with Crippen LogP contribution >= 0.6 is 0 Å². The Hall–Kier alpha value is -5.72. The molecule has 2 aliphatic rings. The maximum Gasteiger partial charge on any atom is 0.363 e. The fraction of sp³-hybridized carbons (Fsp3) is 0.286. The molecule has 1 aromatic heterocycles. The molecule has 2 saturated heterocycles. The minimum atomic E-state index is -0.939. The molecule has 1 N–H and O–H groups in total. The number of H-pyrrole nitrogens is 1. The summed E-state index contributed by atoms with van der Waals surface area (Å²) in [5.41, 5.74) is 1.59. The molecule has 0 bridgehead atoms. The van der Waals surface area contributed by atoms with Gasteiger partial charge in [-0.2, -0.15) is 5.10 Å². The first-order valence-corrected chi connectivity index (χ1v) is 15.6. The van der Waals surface area contributed by atoms with Gasteiger partial charge in [0.1, 0.15) is 5.82 Å². The molecule has 0 spiro atoms. The maximum atomic E-state index is 14.9. The number of hydrogen-bond donors (Lipinski definition) is 1. The Balaban J connectivity index is 0.00000221. The van der Waals surface area contributed by atoms with Crippen LogP contribution in [0, 0.1) is 12.7 Å². The topological polar surface area (TPSA) is 150 Å². The van der Waals surface area contributed by atoms with Gasteiger partial charge in [-0.25, -0.2) is 14.3 Å². The number of benzene rings is 3. The number of carbonyl (C=O) groups is 5. The van der Waals surface area contributed by atoms with Gasteiger partial charge >= 0.3 is 5.97 Å². The summed E-state index contributed by atoms with van der Waals surface area (Å²) in [6, 6.07) is 15.7. The Kier molecular flexibility index (Phi) is 10.1. The molecule has 0 saturated carbocycles. The molecule has 248 valence electrons. The van der Waals surface area contributed by atoms with Crippen molar-refractivity contribution in [1.29, 1.82) is 0 Å². The summed E-state index contributed by atoms with van der Waals surface area (Å²) in [5, 5.41) is 8.25.